The summed E-state index contributed by atoms with van der Waals surface area (Å²) >= 11 is 5.47. The Balaban J connectivity index is 2.86. The SMILES string of the molecule is O=Cn1ccc(CCl)c1. The van der Waals surface area contributed by atoms with Gasteiger partial charge in [-0.25, -0.2) is 0 Å². The highest BCUT2D eigenvalue weighted by Gasteiger charge is 1.90. The van der Waals surface area contributed by atoms with E-state index in [9.17, 15) is 4.79 Å². The summed E-state index contributed by atoms with van der Waals surface area (Å²) in [4.78, 5) is 10.1. The Morgan fingerprint density at radius 3 is 2.89 bits per heavy atom. The summed E-state index contributed by atoms with van der Waals surface area (Å²) in [6.07, 6.45) is 4.10. The van der Waals surface area contributed by atoms with E-state index in [0.29, 0.717) is 5.88 Å². The molecule has 0 N–H and O–H groups in total. The molecule has 0 aliphatic rings. The fourth-order valence-corrected chi connectivity index (χ4v) is 0.762. The standard InChI is InChI=1S/C6H6ClNO/c7-3-6-1-2-8(4-6)5-9/h1-2,4-5H,3H2. The second-order valence-corrected chi connectivity index (χ2v) is 1.97. The van der Waals surface area contributed by atoms with E-state index in [-0.39, 0.29) is 0 Å². The topological polar surface area (TPSA) is 22.0 Å². The van der Waals surface area contributed by atoms with Gasteiger partial charge in [0.2, 0.25) is 6.41 Å². The first kappa shape index (κ1) is 6.36. The van der Waals surface area contributed by atoms with Gasteiger partial charge in [-0.2, -0.15) is 0 Å². The molecule has 1 aromatic rings. The van der Waals surface area contributed by atoms with E-state index in [2.05, 4.69) is 0 Å². The lowest BCUT2D eigenvalue weighted by Gasteiger charge is -1.82. The van der Waals surface area contributed by atoms with Crippen LogP contribution in [0.15, 0.2) is 18.5 Å². The molecule has 0 aromatic carbocycles. The minimum Gasteiger partial charge on any atom is -0.297 e. The summed E-state index contributed by atoms with van der Waals surface area (Å²) in [5, 5.41) is 0. The summed E-state index contributed by atoms with van der Waals surface area (Å²) in [5.74, 6) is 0.459. The molecule has 0 bridgehead atoms. The van der Waals surface area contributed by atoms with Gasteiger partial charge in [-0.3, -0.25) is 9.36 Å². The van der Waals surface area contributed by atoms with E-state index >= 15 is 0 Å². The van der Waals surface area contributed by atoms with Gasteiger partial charge in [0.05, 0.1) is 0 Å². The minimum atomic E-state index is 0.459. The molecule has 2 nitrogen and oxygen atoms in total. The van der Waals surface area contributed by atoms with Crippen molar-refractivity contribution >= 4 is 18.0 Å². The maximum atomic E-state index is 10.1. The molecule has 1 aromatic heterocycles. The molecule has 0 radical (unpaired) electrons. The molecular formula is C6H6ClNO. The lowest BCUT2D eigenvalue weighted by molar-refractivity contribution is 0.547. The summed E-state index contributed by atoms with van der Waals surface area (Å²) in [7, 11) is 0. The van der Waals surface area contributed by atoms with Gasteiger partial charge in [0.25, 0.3) is 0 Å². The predicted octanol–water partition coefficient (Wildman–Crippen LogP) is 1.27. The Morgan fingerprint density at radius 2 is 2.56 bits per heavy atom. The number of hydrogen-bond acceptors (Lipinski definition) is 1. The maximum absolute atomic E-state index is 10.1. The zero-order valence-electron chi connectivity index (χ0n) is 4.75. The Morgan fingerprint density at radius 1 is 1.78 bits per heavy atom. The van der Waals surface area contributed by atoms with Crippen LogP contribution in [0.4, 0.5) is 0 Å². The van der Waals surface area contributed by atoms with Crippen molar-refractivity contribution in [3.63, 3.8) is 0 Å². The van der Waals surface area contributed by atoms with Gasteiger partial charge < -0.3 is 0 Å². The molecule has 3 heteroatoms. The predicted molar refractivity (Wildman–Crippen MR) is 36.1 cm³/mol. The molecule has 1 heterocycles. The van der Waals surface area contributed by atoms with Crippen molar-refractivity contribution < 1.29 is 4.79 Å². The van der Waals surface area contributed by atoms with Gasteiger partial charge in [0.1, 0.15) is 0 Å². The van der Waals surface area contributed by atoms with Crippen molar-refractivity contribution in [2.45, 2.75) is 5.88 Å². The van der Waals surface area contributed by atoms with Crippen molar-refractivity contribution in [1.29, 1.82) is 0 Å². The molecule has 0 aliphatic heterocycles. The van der Waals surface area contributed by atoms with Crippen LogP contribution >= 0.6 is 11.6 Å². The number of carbonyl (C=O) groups is 1. The fourth-order valence-electron chi connectivity index (χ4n) is 0.604. The van der Waals surface area contributed by atoms with Gasteiger partial charge >= 0.3 is 0 Å². The highest BCUT2D eigenvalue weighted by Crippen LogP contribution is 2.01. The largest absolute Gasteiger partial charge is 0.297 e. The number of halogens is 1. The van der Waals surface area contributed by atoms with E-state index in [4.69, 9.17) is 11.6 Å². The third kappa shape index (κ3) is 1.33. The zero-order chi connectivity index (χ0) is 6.69. The molecule has 0 fully saturated rings. The second kappa shape index (κ2) is 2.69. The van der Waals surface area contributed by atoms with Gasteiger partial charge in [-0.05, 0) is 11.6 Å². The van der Waals surface area contributed by atoms with Gasteiger partial charge in [0.15, 0.2) is 0 Å². The van der Waals surface area contributed by atoms with E-state index < -0.39 is 0 Å². The normalized spacial score (nSPS) is 9.44. The fraction of sp³-hybridized carbons (Fsp3) is 0.167. The van der Waals surface area contributed by atoms with Crippen molar-refractivity contribution in [2.75, 3.05) is 0 Å². The first-order valence-corrected chi connectivity index (χ1v) is 3.08. The van der Waals surface area contributed by atoms with Crippen LogP contribution in [0.1, 0.15) is 5.56 Å². The molecule has 0 spiro atoms. The lowest BCUT2D eigenvalue weighted by Crippen LogP contribution is -1.86. The van der Waals surface area contributed by atoms with Crippen LogP contribution in [-0.4, -0.2) is 11.0 Å². The Labute approximate surface area is 58.0 Å². The third-order valence-electron chi connectivity index (χ3n) is 1.05. The van der Waals surface area contributed by atoms with Crippen LogP contribution in [0.2, 0.25) is 0 Å². The molecule has 1 rings (SSSR count). The van der Waals surface area contributed by atoms with Crippen molar-refractivity contribution in [2.24, 2.45) is 0 Å². The quantitative estimate of drug-likeness (QED) is 0.451. The average Bonchev–Trinajstić information content (AvgIpc) is 2.34. The molecular weight excluding hydrogens is 138 g/mol. The van der Waals surface area contributed by atoms with Gasteiger partial charge in [-0.15, -0.1) is 11.6 Å². The lowest BCUT2D eigenvalue weighted by atomic mass is 10.4. The zero-order valence-corrected chi connectivity index (χ0v) is 5.51. The number of alkyl halides is 1. The number of carbonyl (C=O) groups excluding carboxylic acids is 1. The van der Waals surface area contributed by atoms with Crippen molar-refractivity contribution in [3.05, 3.63) is 24.0 Å². The van der Waals surface area contributed by atoms with Crippen LogP contribution in [0.5, 0.6) is 0 Å². The van der Waals surface area contributed by atoms with E-state index in [1.165, 1.54) is 4.57 Å². The highest BCUT2D eigenvalue weighted by molar-refractivity contribution is 6.17. The van der Waals surface area contributed by atoms with Crippen LogP contribution in [0.25, 0.3) is 0 Å². The highest BCUT2D eigenvalue weighted by atomic mass is 35.5. The van der Waals surface area contributed by atoms with Crippen LogP contribution in [-0.2, 0) is 10.7 Å². The maximum Gasteiger partial charge on any atom is 0.217 e. The number of nitrogens with zero attached hydrogens (tertiary/aromatic N) is 1. The number of aromatic nitrogens is 1. The number of hydrogen-bond donors (Lipinski definition) is 0. The summed E-state index contributed by atoms with van der Waals surface area (Å²) in [6, 6.07) is 1.81. The third-order valence-corrected chi connectivity index (χ3v) is 1.36. The first-order chi connectivity index (χ1) is 4.36. The molecule has 0 amide bonds. The molecule has 0 aliphatic carbocycles. The molecule has 0 unspecified atom stereocenters. The van der Waals surface area contributed by atoms with Crippen LogP contribution in [0, 0.1) is 0 Å². The Kier molecular flexibility index (Phi) is 1.90. The van der Waals surface area contributed by atoms with Crippen molar-refractivity contribution in [1.82, 2.24) is 4.57 Å². The molecule has 48 valence electrons. The summed E-state index contributed by atoms with van der Waals surface area (Å²) in [6.45, 7) is 0. The second-order valence-electron chi connectivity index (χ2n) is 1.71. The Bertz CT molecular complexity index is 207. The summed E-state index contributed by atoms with van der Waals surface area (Å²) < 4.78 is 1.43. The van der Waals surface area contributed by atoms with Crippen molar-refractivity contribution in [3.8, 4) is 0 Å². The molecule has 0 atom stereocenters. The van der Waals surface area contributed by atoms with Gasteiger partial charge in [-0.1, -0.05) is 0 Å². The minimum absolute atomic E-state index is 0.459. The first-order valence-electron chi connectivity index (χ1n) is 2.54. The van der Waals surface area contributed by atoms with Crippen LogP contribution in [0.3, 0.4) is 0 Å². The molecule has 9 heavy (non-hydrogen) atoms. The smallest absolute Gasteiger partial charge is 0.217 e. The average molecular weight is 144 g/mol. The van der Waals surface area contributed by atoms with E-state index in [1.54, 1.807) is 18.5 Å². The summed E-state index contributed by atoms with van der Waals surface area (Å²) in [5.41, 5.74) is 0.962. The molecule has 0 saturated carbocycles. The molecule has 0 saturated heterocycles. The monoisotopic (exact) mass is 143 g/mol. The van der Waals surface area contributed by atoms with E-state index in [0.717, 1.165) is 12.0 Å². The van der Waals surface area contributed by atoms with Gasteiger partial charge in [0, 0.05) is 18.3 Å². The van der Waals surface area contributed by atoms with Crippen LogP contribution < -0.4 is 0 Å². The Hall–Kier alpha value is -0.760. The van der Waals surface area contributed by atoms with E-state index in [1.807, 2.05) is 0 Å². The number of rotatable bonds is 2.